The second-order valence-corrected chi connectivity index (χ2v) is 10.3. The maximum atomic E-state index is 9.36. The van der Waals surface area contributed by atoms with Gasteiger partial charge in [-0.15, -0.1) is 0 Å². The van der Waals surface area contributed by atoms with E-state index in [1.165, 1.54) is 0 Å². The van der Waals surface area contributed by atoms with Gasteiger partial charge in [0.2, 0.25) is 0 Å². The molecule has 1 atom stereocenters. The Labute approximate surface area is 121 Å². The van der Waals surface area contributed by atoms with Crippen LogP contribution in [0.5, 0.6) is 0 Å². The molecule has 20 heavy (non-hydrogen) atoms. The van der Waals surface area contributed by atoms with Crippen molar-refractivity contribution in [2.45, 2.75) is 25.6 Å². The lowest BCUT2D eigenvalue weighted by Gasteiger charge is -2.27. The van der Waals surface area contributed by atoms with Crippen LogP contribution in [-0.2, 0) is 4.43 Å². The molecule has 1 aromatic carbocycles. The summed E-state index contributed by atoms with van der Waals surface area (Å²) in [5, 5.41) is 9.36. The van der Waals surface area contributed by atoms with E-state index in [1.807, 2.05) is 35.5 Å². The molecule has 0 saturated heterocycles. The summed E-state index contributed by atoms with van der Waals surface area (Å²) in [7, 11) is -1.54. The number of nitrogens with zero attached hydrogens (tertiary/aromatic N) is 2. The largest absolute Gasteiger partial charge is 0.400 e. The molecule has 0 amide bonds. The van der Waals surface area contributed by atoms with Gasteiger partial charge >= 0.3 is 0 Å². The smallest absolute Gasteiger partial charge is 0.186 e. The molecule has 4 heteroatoms. The Hall–Kier alpha value is -1.83. The zero-order chi connectivity index (χ0) is 14.6. The Morgan fingerprint density at radius 3 is 2.55 bits per heavy atom. The van der Waals surface area contributed by atoms with Crippen LogP contribution < -0.4 is 0 Å². The third-order valence-corrected chi connectivity index (χ3v) is 4.04. The Bertz CT molecular complexity index is 552. The quantitative estimate of drug-likeness (QED) is 0.789. The van der Waals surface area contributed by atoms with Crippen LogP contribution in [0.1, 0.15) is 11.5 Å². The van der Waals surface area contributed by atoms with Crippen LogP contribution in [0.3, 0.4) is 0 Å². The minimum Gasteiger partial charge on any atom is -0.400 e. The minimum atomic E-state index is -1.54. The minimum absolute atomic E-state index is 0.0457. The first-order valence-electron chi connectivity index (χ1n) is 6.74. The summed E-state index contributed by atoms with van der Waals surface area (Å²) in [5.74, 6) is 0.0457. The maximum Gasteiger partial charge on any atom is 0.186 e. The van der Waals surface area contributed by atoms with E-state index in [0.29, 0.717) is 6.73 Å². The Kier molecular flexibility index (Phi) is 4.43. The molecule has 1 aliphatic heterocycles. The molecule has 104 valence electrons. The topological polar surface area (TPSA) is 36.3 Å². The Morgan fingerprint density at radius 1 is 1.25 bits per heavy atom. The van der Waals surface area contributed by atoms with Gasteiger partial charge in [-0.05, 0) is 25.2 Å². The van der Waals surface area contributed by atoms with E-state index in [2.05, 4.69) is 43.9 Å². The van der Waals surface area contributed by atoms with Crippen molar-refractivity contribution in [1.29, 1.82) is 5.26 Å². The number of hydrogen-bond acceptors (Lipinski definition) is 3. The van der Waals surface area contributed by atoms with E-state index in [0.717, 1.165) is 11.1 Å². The third-order valence-electron chi connectivity index (χ3n) is 3.04. The van der Waals surface area contributed by atoms with E-state index in [1.54, 1.807) is 0 Å². The van der Waals surface area contributed by atoms with E-state index in [-0.39, 0.29) is 5.92 Å². The Balaban J connectivity index is 2.11. The number of benzene rings is 1. The van der Waals surface area contributed by atoms with Crippen molar-refractivity contribution in [3.05, 3.63) is 59.9 Å². The molecular formula is C16H20N2OSi. The maximum absolute atomic E-state index is 9.36. The van der Waals surface area contributed by atoms with Gasteiger partial charge in [-0.3, -0.25) is 0 Å². The predicted molar refractivity (Wildman–Crippen MR) is 83.2 cm³/mol. The van der Waals surface area contributed by atoms with Crippen LogP contribution in [0, 0.1) is 11.3 Å². The molecule has 0 radical (unpaired) electrons. The van der Waals surface area contributed by atoms with E-state index < -0.39 is 8.32 Å². The summed E-state index contributed by atoms with van der Waals surface area (Å²) in [5.41, 5.74) is 1.89. The first kappa shape index (κ1) is 14.6. The van der Waals surface area contributed by atoms with Crippen LogP contribution in [0.25, 0.3) is 0 Å². The average molecular weight is 284 g/mol. The van der Waals surface area contributed by atoms with Gasteiger partial charge in [-0.25, -0.2) is 0 Å². The predicted octanol–water partition coefficient (Wildman–Crippen LogP) is 3.82. The zero-order valence-electron chi connectivity index (χ0n) is 12.2. The first-order valence-corrected chi connectivity index (χ1v) is 10.2. The van der Waals surface area contributed by atoms with Crippen molar-refractivity contribution in [2.24, 2.45) is 0 Å². The van der Waals surface area contributed by atoms with Gasteiger partial charge in [0.15, 0.2) is 8.32 Å². The van der Waals surface area contributed by atoms with Crippen molar-refractivity contribution >= 4 is 8.32 Å². The highest BCUT2D eigenvalue weighted by atomic mass is 28.4. The van der Waals surface area contributed by atoms with E-state index >= 15 is 0 Å². The summed E-state index contributed by atoms with van der Waals surface area (Å²) in [6.45, 7) is 6.98. The summed E-state index contributed by atoms with van der Waals surface area (Å²) < 4.78 is 5.86. The number of rotatable bonds is 4. The molecule has 0 fully saturated rings. The molecule has 0 spiro atoms. The van der Waals surface area contributed by atoms with Crippen molar-refractivity contribution in [3.8, 4) is 6.07 Å². The van der Waals surface area contributed by atoms with Crippen LogP contribution in [-0.4, -0.2) is 19.9 Å². The van der Waals surface area contributed by atoms with Gasteiger partial charge in [0.1, 0.15) is 6.73 Å². The second-order valence-electron chi connectivity index (χ2n) is 5.83. The van der Waals surface area contributed by atoms with Crippen LogP contribution in [0.4, 0.5) is 0 Å². The number of allylic oxidation sites excluding steroid dienone is 2. The van der Waals surface area contributed by atoms with Gasteiger partial charge in [-0.2, -0.15) is 5.26 Å². The first-order chi connectivity index (χ1) is 9.49. The summed E-state index contributed by atoms with van der Waals surface area (Å²) in [6.07, 6.45) is 5.94. The molecule has 3 nitrogen and oxygen atoms in total. The van der Waals surface area contributed by atoms with Crippen LogP contribution in [0.15, 0.2) is 54.4 Å². The highest BCUT2D eigenvalue weighted by molar-refractivity contribution is 6.69. The molecule has 1 unspecified atom stereocenters. The normalized spacial score (nSPS) is 18.6. The fourth-order valence-corrected chi connectivity index (χ4v) is 2.54. The second kappa shape index (κ2) is 6.08. The number of nitriles is 1. The average Bonchev–Trinajstić information content (AvgIpc) is 2.45. The van der Waals surface area contributed by atoms with Gasteiger partial charge in [0, 0.05) is 18.3 Å². The molecule has 1 aliphatic rings. The van der Waals surface area contributed by atoms with Crippen molar-refractivity contribution < 1.29 is 4.43 Å². The molecule has 0 aromatic heterocycles. The number of hydrogen-bond donors (Lipinski definition) is 0. The SMILES string of the molecule is C[Si](C)(C)OCN1C=CC(c2ccccc2)C(C#N)=C1. The van der Waals surface area contributed by atoms with Gasteiger partial charge in [0.05, 0.1) is 11.6 Å². The highest BCUT2D eigenvalue weighted by Gasteiger charge is 2.20. The van der Waals surface area contributed by atoms with Crippen LogP contribution >= 0.6 is 0 Å². The van der Waals surface area contributed by atoms with Crippen molar-refractivity contribution in [1.82, 2.24) is 4.90 Å². The molecule has 0 aliphatic carbocycles. The molecule has 0 N–H and O–H groups in total. The van der Waals surface area contributed by atoms with Gasteiger partial charge in [-0.1, -0.05) is 36.4 Å². The third kappa shape index (κ3) is 3.83. The summed E-state index contributed by atoms with van der Waals surface area (Å²) >= 11 is 0. The fourth-order valence-electron chi connectivity index (χ4n) is 2.00. The summed E-state index contributed by atoms with van der Waals surface area (Å²) in [6, 6.07) is 12.4. The standard InChI is InChI=1S/C16H20N2OSi/c1-20(2,3)19-13-18-10-9-16(15(11-17)12-18)14-7-5-4-6-8-14/h4-10,12,16H,13H2,1-3H3. The van der Waals surface area contributed by atoms with Gasteiger partial charge in [0.25, 0.3) is 0 Å². The van der Waals surface area contributed by atoms with Crippen molar-refractivity contribution in [3.63, 3.8) is 0 Å². The highest BCUT2D eigenvalue weighted by Crippen LogP contribution is 2.29. The monoisotopic (exact) mass is 284 g/mol. The molecule has 1 heterocycles. The lowest BCUT2D eigenvalue weighted by atomic mass is 9.91. The van der Waals surface area contributed by atoms with Gasteiger partial charge < -0.3 is 9.33 Å². The van der Waals surface area contributed by atoms with E-state index in [9.17, 15) is 5.26 Å². The lowest BCUT2D eigenvalue weighted by molar-refractivity contribution is 0.204. The molecule has 0 saturated carbocycles. The molecular weight excluding hydrogens is 264 g/mol. The fraction of sp³-hybridized carbons (Fsp3) is 0.312. The molecule has 1 aromatic rings. The Morgan fingerprint density at radius 2 is 1.95 bits per heavy atom. The zero-order valence-corrected chi connectivity index (χ0v) is 13.2. The van der Waals surface area contributed by atoms with Crippen molar-refractivity contribution in [2.75, 3.05) is 6.73 Å². The van der Waals surface area contributed by atoms with Crippen LogP contribution in [0.2, 0.25) is 19.6 Å². The molecule has 0 bridgehead atoms. The lowest BCUT2D eigenvalue weighted by Crippen LogP contribution is -2.31. The molecule has 2 rings (SSSR count). The van der Waals surface area contributed by atoms with E-state index in [4.69, 9.17) is 4.43 Å². The summed E-state index contributed by atoms with van der Waals surface area (Å²) in [4.78, 5) is 1.94.